The largest absolute Gasteiger partial charge is 0.477 e. The van der Waals surface area contributed by atoms with Crippen molar-refractivity contribution in [2.45, 2.75) is 24.3 Å². The van der Waals surface area contributed by atoms with Gasteiger partial charge in [-0.2, -0.15) is 0 Å². The minimum absolute atomic E-state index is 0. The number of aromatic nitrogens is 2. The summed E-state index contributed by atoms with van der Waals surface area (Å²) in [5, 5.41) is 9.06. The van der Waals surface area contributed by atoms with E-state index in [0.717, 1.165) is 18.9 Å². The number of alkyl halides is 1. The molecular formula is C17H19Cl2FN4O3. The van der Waals surface area contributed by atoms with E-state index in [9.17, 15) is 19.1 Å². The van der Waals surface area contributed by atoms with Crippen molar-refractivity contribution in [2.75, 3.05) is 24.5 Å². The normalized spacial score (nSPS) is 22.1. The van der Waals surface area contributed by atoms with Gasteiger partial charge in [0.25, 0.3) is 0 Å². The molecule has 0 radical (unpaired) electrons. The first-order valence-electron chi connectivity index (χ1n) is 8.48. The number of hydrogen-bond donors (Lipinski definition) is 2. The summed E-state index contributed by atoms with van der Waals surface area (Å²) in [4.78, 5) is 29.9. The van der Waals surface area contributed by atoms with Crippen molar-refractivity contribution in [2.24, 2.45) is 11.7 Å². The fourth-order valence-corrected chi connectivity index (χ4v) is 3.82. The zero-order valence-corrected chi connectivity index (χ0v) is 15.8. The third kappa shape index (κ3) is 3.37. The van der Waals surface area contributed by atoms with Gasteiger partial charge in [0.05, 0.1) is 10.8 Å². The highest BCUT2D eigenvalue weighted by Crippen LogP contribution is 2.37. The van der Waals surface area contributed by atoms with Crippen LogP contribution >= 0.6 is 24.0 Å². The summed E-state index contributed by atoms with van der Waals surface area (Å²) in [6.07, 6.45) is 3.05. The molecule has 0 amide bonds. The first-order chi connectivity index (χ1) is 12.4. The van der Waals surface area contributed by atoms with Crippen molar-refractivity contribution >= 4 is 46.8 Å². The van der Waals surface area contributed by atoms with Crippen LogP contribution in [0.1, 0.15) is 29.2 Å². The van der Waals surface area contributed by atoms with Crippen LogP contribution in [0.15, 0.2) is 17.1 Å². The van der Waals surface area contributed by atoms with Gasteiger partial charge in [-0.05, 0) is 25.5 Å². The van der Waals surface area contributed by atoms with Gasteiger partial charge < -0.3 is 20.3 Å². The Balaban J connectivity index is 0.00000210. The number of rotatable bonds is 4. The molecule has 1 saturated heterocycles. The molecule has 2 aromatic rings. The molecule has 1 saturated carbocycles. The van der Waals surface area contributed by atoms with Crippen LogP contribution < -0.4 is 16.1 Å². The van der Waals surface area contributed by atoms with E-state index in [1.54, 1.807) is 9.47 Å². The smallest absolute Gasteiger partial charge is 0.341 e. The topological polar surface area (TPSA) is 101 Å². The number of aromatic carboxylic acids is 1. The van der Waals surface area contributed by atoms with Gasteiger partial charge in [0.1, 0.15) is 11.2 Å². The van der Waals surface area contributed by atoms with Gasteiger partial charge in [-0.15, -0.1) is 24.0 Å². The molecule has 2 aliphatic rings. The van der Waals surface area contributed by atoms with E-state index in [2.05, 4.69) is 4.98 Å². The Morgan fingerprint density at radius 2 is 2.11 bits per heavy atom. The fraction of sp³-hybridized carbons (Fsp3) is 0.471. The van der Waals surface area contributed by atoms with E-state index in [4.69, 9.17) is 17.3 Å². The quantitative estimate of drug-likeness (QED) is 0.738. The van der Waals surface area contributed by atoms with E-state index < -0.39 is 17.2 Å². The van der Waals surface area contributed by atoms with Crippen LogP contribution in [0.3, 0.4) is 0 Å². The van der Waals surface area contributed by atoms with Gasteiger partial charge in [-0.1, -0.05) is 0 Å². The van der Waals surface area contributed by atoms with Crippen molar-refractivity contribution in [3.05, 3.63) is 33.9 Å². The highest BCUT2D eigenvalue weighted by Gasteiger charge is 2.34. The van der Waals surface area contributed by atoms with Crippen molar-refractivity contribution in [3.8, 4) is 0 Å². The monoisotopic (exact) mass is 416 g/mol. The Morgan fingerprint density at radius 3 is 2.67 bits per heavy atom. The molecule has 4 rings (SSSR count). The molecule has 3 N–H and O–H groups in total. The molecule has 10 heteroatoms. The van der Waals surface area contributed by atoms with Gasteiger partial charge in [-0.25, -0.2) is 14.2 Å². The number of anilines is 1. The van der Waals surface area contributed by atoms with E-state index in [1.807, 2.05) is 0 Å². The number of carbonyl (C=O) groups is 1. The summed E-state index contributed by atoms with van der Waals surface area (Å²) in [6, 6.07) is 1.17. The Hall–Kier alpha value is -1.90. The third-order valence-electron chi connectivity index (χ3n) is 5.07. The Morgan fingerprint density at radius 1 is 1.41 bits per heavy atom. The van der Waals surface area contributed by atoms with Crippen LogP contribution in [0.2, 0.25) is 0 Å². The lowest BCUT2D eigenvalue weighted by Gasteiger charge is -2.19. The molecule has 0 bridgehead atoms. The van der Waals surface area contributed by atoms with Crippen LogP contribution in [-0.4, -0.2) is 45.6 Å². The summed E-state index contributed by atoms with van der Waals surface area (Å²) >= 11 is 6.27. The number of nitrogens with two attached hydrogens (primary N) is 1. The summed E-state index contributed by atoms with van der Waals surface area (Å²) in [6.45, 7) is 1.30. The van der Waals surface area contributed by atoms with Crippen LogP contribution in [0.25, 0.3) is 11.0 Å². The van der Waals surface area contributed by atoms with Crippen LogP contribution in [0, 0.1) is 11.7 Å². The number of fused-ring (bicyclic) bond motifs is 1. The van der Waals surface area contributed by atoms with Crippen molar-refractivity contribution < 1.29 is 14.3 Å². The van der Waals surface area contributed by atoms with Crippen molar-refractivity contribution in [3.63, 3.8) is 0 Å². The fourth-order valence-electron chi connectivity index (χ4n) is 3.47. The van der Waals surface area contributed by atoms with E-state index in [1.165, 1.54) is 6.20 Å². The molecule has 2 fully saturated rings. The maximum Gasteiger partial charge on any atom is 0.341 e. The minimum Gasteiger partial charge on any atom is -0.477 e. The van der Waals surface area contributed by atoms with Gasteiger partial charge in [0.2, 0.25) is 5.43 Å². The molecule has 7 nitrogen and oxygen atoms in total. The summed E-state index contributed by atoms with van der Waals surface area (Å²) in [5.74, 6) is -1.84. The first-order valence-corrected chi connectivity index (χ1v) is 8.92. The minimum atomic E-state index is -1.33. The van der Waals surface area contributed by atoms with E-state index >= 15 is 0 Å². The third-order valence-corrected chi connectivity index (χ3v) is 5.57. The number of carboxylic acid groups (broad SMARTS) is 1. The first kappa shape index (κ1) is 19.9. The zero-order valence-electron chi connectivity index (χ0n) is 14.3. The number of halogens is 3. The highest BCUT2D eigenvalue weighted by atomic mass is 35.5. The number of pyridine rings is 2. The van der Waals surface area contributed by atoms with Crippen LogP contribution in [0.4, 0.5) is 10.2 Å². The number of carboxylic acids is 1. The lowest BCUT2D eigenvalue weighted by Crippen LogP contribution is -2.26. The van der Waals surface area contributed by atoms with Crippen molar-refractivity contribution in [1.29, 1.82) is 0 Å². The molecule has 2 atom stereocenters. The molecule has 27 heavy (non-hydrogen) atoms. The van der Waals surface area contributed by atoms with Gasteiger partial charge in [0, 0.05) is 31.2 Å². The Kier molecular flexibility index (Phi) is 5.33. The van der Waals surface area contributed by atoms with E-state index in [0.29, 0.717) is 25.3 Å². The molecule has 0 aromatic carbocycles. The van der Waals surface area contributed by atoms with Gasteiger partial charge in [-0.3, -0.25) is 4.79 Å². The lowest BCUT2D eigenvalue weighted by atomic mass is 10.1. The Labute approximate surface area is 165 Å². The lowest BCUT2D eigenvalue weighted by molar-refractivity contribution is 0.0695. The molecule has 3 heterocycles. The van der Waals surface area contributed by atoms with Crippen molar-refractivity contribution in [1.82, 2.24) is 9.55 Å². The maximum absolute atomic E-state index is 14.7. The van der Waals surface area contributed by atoms with Gasteiger partial charge >= 0.3 is 5.97 Å². The number of nitrogens with zero attached hydrogens (tertiary/aromatic N) is 3. The predicted molar refractivity (Wildman–Crippen MR) is 103 cm³/mol. The summed E-state index contributed by atoms with van der Waals surface area (Å²) < 4.78 is 16.4. The molecule has 0 unspecified atom stereocenters. The second-order valence-electron chi connectivity index (χ2n) is 6.90. The summed E-state index contributed by atoms with van der Waals surface area (Å²) in [7, 11) is 0. The second-order valence-corrected chi connectivity index (χ2v) is 7.46. The SMILES string of the molecule is Cl.NC[C@H]1CN(c2nc3c(cc2F)c(=O)c(C(=O)O)cn3C2CC2)C[C@@H]1Cl. The summed E-state index contributed by atoms with van der Waals surface area (Å²) in [5.41, 5.74) is 4.92. The average Bonchev–Trinajstić information content (AvgIpc) is 3.37. The van der Waals surface area contributed by atoms with Crippen LogP contribution in [-0.2, 0) is 0 Å². The molecule has 0 spiro atoms. The number of hydrogen-bond acceptors (Lipinski definition) is 5. The Bertz CT molecular complexity index is 963. The molecular weight excluding hydrogens is 398 g/mol. The molecule has 146 valence electrons. The van der Waals surface area contributed by atoms with E-state index in [-0.39, 0.29) is 46.5 Å². The molecule has 2 aromatic heterocycles. The van der Waals surface area contributed by atoms with Crippen LogP contribution in [0.5, 0.6) is 0 Å². The van der Waals surface area contributed by atoms with Gasteiger partial charge in [0.15, 0.2) is 11.6 Å². The zero-order chi connectivity index (χ0) is 18.6. The molecule has 1 aliphatic heterocycles. The second kappa shape index (κ2) is 7.26. The predicted octanol–water partition coefficient (Wildman–Crippen LogP) is 1.99. The highest BCUT2D eigenvalue weighted by molar-refractivity contribution is 6.21. The average molecular weight is 417 g/mol. The molecule has 1 aliphatic carbocycles. The standard InChI is InChI=1S/C17H18ClFN4O3.ClH/c18-12-7-22(5-8(12)4-20)16-13(19)3-10-14(24)11(17(25)26)6-23(9-1-2-9)15(10)21-16;/h3,6,8-9,12H,1-2,4-5,7,20H2,(H,25,26);1H/t8-,12-;/m0./s1. The maximum atomic E-state index is 14.7.